The highest BCUT2D eigenvalue weighted by atomic mass is 79.9. The summed E-state index contributed by atoms with van der Waals surface area (Å²) in [6.07, 6.45) is 4.25. The molecule has 4 rings (SSSR count). The number of hydrogen-bond donors (Lipinski definition) is 1. The summed E-state index contributed by atoms with van der Waals surface area (Å²) >= 11 is 5.18. The average molecular weight is 372 g/mol. The highest BCUT2D eigenvalue weighted by Gasteiger charge is 2.16. The second-order valence-electron chi connectivity index (χ2n) is 5.27. The second-order valence-corrected chi connectivity index (χ2v) is 7.13. The predicted molar refractivity (Wildman–Crippen MR) is 94.3 cm³/mol. The van der Waals surface area contributed by atoms with Crippen molar-refractivity contribution < 1.29 is 0 Å². The fourth-order valence-electron chi connectivity index (χ4n) is 2.57. The van der Waals surface area contributed by atoms with Gasteiger partial charge in [-0.1, -0.05) is 34.1 Å². The number of nitrogens with zero attached hydrogens (tertiary/aromatic N) is 2. The zero-order valence-electron chi connectivity index (χ0n) is 11.8. The molecule has 0 aliphatic carbocycles. The number of H-pyrrole nitrogens is 1. The lowest BCUT2D eigenvalue weighted by Crippen LogP contribution is -2.19. The molecule has 3 nitrogen and oxygen atoms in total. The fraction of sp³-hybridized carbons (Fsp3) is 0.118. The number of nitrogens with one attached hydrogen (secondary N) is 1. The molecule has 3 aromatic rings. The maximum absolute atomic E-state index is 4.75. The van der Waals surface area contributed by atoms with Crippen molar-refractivity contribution in [2.24, 2.45) is 0 Å². The van der Waals surface area contributed by atoms with Gasteiger partial charge in [0.05, 0.1) is 22.8 Å². The molecule has 0 saturated carbocycles. The van der Waals surface area contributed by atoms with E-state index in [2.05, 4.69) is 79.9 Å². The Kier molecular flexibility index (Phi) is 3.60. The topological polar surface area (TPSA) is 31.9 Å². The van der Waals surface area contributed by atoms with Gasteiger partial charge in [0.2, 0.25) is 0 Å². The van der Waals surface area contributed by atoms with E-state index >= 15 is 0 Å². The Hall–Kier alpha value is -1.85. The van der Waals surface area contributed by atoms with Gasteiger partial charge in [-0.3, -0.25) is 0 Å². The van der Waals surface area contributed by atoms with Crippen molar-refractivity contribution in [3.63, 3.8) is 0 Å². The van der Waals surface area contributed by atoms with E-state index in [1.54, 1.807) is 11.3 Å². The van der Waals surface area contributed by atoms with Crippen molar-refractivity contribution in [2.75, 3.05) is 0 Å². The fourth-order valence-corrected chi connectivity index (χ4v) is 3.50. The summed E-state index contributed by atoms with van der Waals surface area (Å²) < 4.78 is 1.11. The van der Waals surface area contributed by atoms with Gasteiger partial charge in [0.25, 0.3) is 0 Å². The van der Waals surface area contributed by atoms with Crippen LogP contribution in [0.15, 0.2) is 52.5 Å². The number of hydrogen-bond acceptors (Lipinski definition) is 3. The number of aromatic amines is 1. The van der Waals surface area contributed by atoms with Gasteiger partial charge in [-0.25, -0.2) is 4.98 Å². The van der Waals surface area contributed by atoms with Crippen molar-refractivity contribution in [1.82, 2.24) is 14.9 Å². The lowest BCUT2D eigenvalue weighted by atomic mass is 10.2. The summed E-state index contributed by atoms with van der Waals surface area (Å²) in [5.41, 5.74) is 3.53. The number of benzene rings is 1. The van der Waals surface area contributed by atoms with Crippen molar-refractivity contribution in [1.29, 1.82) is 0 Å². The van der Waals surface area contributed by atoms with Gasteiger partial charge in [0.1, 0.15) is 5.82 Å². The molecule has 2 aromatic heterocycles. The van der Waals surface area contributed by atoms with Crippen LogP contribution in [0.5, 0.6) is 0 Å². The maximum atomic E-state index is 4.75. The minimum atomic E-state index is 0.837. The average Bonchev–Trinajstić information content (AvgIpc) is 3.17. The number of fused-ring (bicyclic) bond motifs is 1. The van der Waals surface area contributed by atoms with E-state index in [-0.39, 0.29) is 0 Å². The quantitative estimate of drug-likeness (QED) is 0.710. The summed E-state index contributed by atoms with van der Waals surface area (Å²) in [4.78, 5) is 11.6. The van der Waals surface area contributed by atoms with E-state index in [1.165, 1.54) is 10.4 Å². The molecular weight excluding hydrogens is 358 g/mol. The molecule has 0 atom stereocenters. The molecule has 1 aromatic carbocycles. The minimum Gasteiger partial charge on any atom is -0.367 e. The van der Waals surface area contributed by atoms with Crippen molar-refractivity contribution >= 4 is 33.3 Å². The van der Waals surface area contributed by atoms with E-state index in [9.17, 15) is 0 Å². The standard InChI is InChI=1S/C17H14BrN3S/c18-13-5-3-12(4-6-13)10-21-8-7-14-15(11-21)20-17(19-14)16-2-1-9-22-16/h1-9H,10-11H2,(H,19,20). The summed E-state index contributed by atoms with van der Waals surface area (Å²) in [6.45, 7) is 1.73. The highest BCUT2D eigenvalue weighted by Crippen LogP contribution is 2.26. The predicted octanol–water partition coefficient (Wildman–Crippen LogP) is 4.89. The van der Waals surface area contributed by atoms with Gasteiger partial charge in [-0.15, -0.1) is 11.3 Å². The Morgan fingerprint density at radius 3 is 2.86 bits per heavy atom. The molecule has 3 heterocycles. The Morgan fingerprint density at radius 1 is 1.23 bits per heavy atom. The van der Waals surface area contributed by atoms with Crippen molar-refractivity contribution in [3.05, 3.63) is 69.4 Å². The van der Waals surface area contributed by atoms with E-state index in [0.717, 1.165) is 34.8 Å². The van der Waals surface area contributed by atoms with Gasteiger partial charge in [0, 0.05) is 17.2 Å². The van der Waals surface area contributed by atoms with Crippen LogP contribution >= 0.6 is 27.3 Å². The van der Waals surface area contributed by atoms with Gasteiger partial charge in [0.15, 0.2) is 0 Å². The number of aromatic nitrogens is 2. The normalized spacial score (nSPS) is 13.4. The van der Waals surface area contributed by atoms with Gasteiger partial charge in [-0.2, -0.15) is 0 Å². The van der Waals surface area contributed by atoms with Gasteiger partial charge >= 0.3 is 0 Å². The molecule has 0 radical (unpaired) electrons. The van der Waals surface area contributed by atoms with Crippen molar-refractivity contribution in [3.8, 4) is 10.7 Å². The number of halogens is 1. The Bertz CT molecular complexity index is 803. The molecule has 0 spiro atoms. The Balaban J connectivity index is 1.53. The molecule has 0 unspecified atom stereocenters. The number of rotatable bonds is 3. The third-order valence-electron chi connectivity index (χ3n) is 3.67. The second kappa shape index (κ2) is 5.74. The van der Waals surface area contributed by atoms with Crippen LogP contribution in [0.3, 0.4) is 0 Å². The van der Waals surface area contributed by atoms with E-state index in [1.807, 2.05) is 0 Å². The molecule has 110 valence electrons. The third kappa shape index (κ3) is 2.74. The molecule has 0 amide bonds. The minimum absolute atomic E-state index is 0.837. The van der Waals surface area contributed by atoms with Crippen LogP contribution in [0.2, 0.25) is 0 Å². The van der Waals surface area contributed by atoms with Crippen molar-refractivity contribution in [2.45, 2.75) is 13.1 Å². The summed E-state index contributed by atoms with van der Waals surface area (Å²) in [7, 11) is 0. The zero-order chi connectivity index (χ0) is 14.9. The van der Waals surface area contributed by atoms with Crippen LogP contribution in [0.25, 0.3) is 16.8 Å². The first kappa shape index (κ1) is 13.8. The summed E-state index contributed by atoms with van der Waals surface area (Å²) in [5, 5.41) is 2.08. The number of imidazole rings is 1. The van der Waals surface area contributed by atoms with Crippen LogP contribution in [0.4, 0.5) is 0 Å². The van der Waals surface area contributed by atoms with Gasteiger partial charge < -0.3 is 9.88 Å². The smallest absolute Gasteiger partial charge is 0.148 e. The molecule has 0 saturated heterocycles. The van der Waals surface area contributed by atoms with Crippen LogP contribution in [0.1, 0.15) is 17.0 Å². The largest absolute Gasteiger partial charge is 0.367 e. The maximum Gasteiger partial charge on any atom is 0.148 e. The van der Waals surface area contributed by atoms with Crippen LogP contribution in [0, 0.1) is 0 Å². The molecular formula is C17H14BrN3S. The lowest BCUT2D eigenvalue weighted by molar-refractivity contribution is 0.355. The first-order chi connectivity index (χ1) is 10.8. The van der Waals surface area contributed by atoms with Crippen LogP contribution in [-0.2, 0) is 13.1 Å². The molecule has 0 fully saturated rings. The summed E-state index contributed by atoms with van der Waals surface area (Å²) in [5.74, 6) is 0.968. The Labute approximate surface area is 141 Å². The lowest BCUT2D eigenvalue weighted by Gasteiger charge is -2.22. The van der Waals surface area contributed by atoms with Crippen LogP contribution < -0.4 is 0 Å². The first-order valence-corrected chi connectivity index (χ1v) is 8.75. The van der Waals surface area contributed by atoms with E-state index < -0.39 is 0 Å². The molecule has 22 heavy (non-hydrogen) atoms. The molecule has 0 bridgehead atoms. The molecule has 1 aliphatic rings. The first-order valence-electron chi connectivity index (χ1n) is 7.07. The van der Waals surface area contributed by atoms with E-state index in [4.69, 9.17) is 4.98 Å². The van der Waals surface area contributed by atoms with Crippen LogP contribution in [-0.4, -0.2) is 14.9 Å². The monoisotopic (exact) mass is 371 g/mol. The highest BCUT2D eigenvalue weighted by molar-refractivity contribution is 9.10. The molecule has 1 N–H and O–H groups in total. The van der Waals surface area contributed by atoms with Gasteiger partial charge in [-0.05, 0) is 35.2 Å². The SMILES string of the molecule is Brc1ccc(CN2C=Cc3[nH]c(-c4cccs4)nc3C2)cc1. The third-order valence-corrected chi connectivity index (χ3v) is 5.07. The zero-order valence-corrected chi connectivity index (χ0v) is 14.2. The molecule has 1 aliphatic heterocycles. The Morgan fingerprint density at radius 2 is 2.09 bits per heavy atom. The molecule has 5 heteroatoms. The summed E-state index contributed by atoms with van der Waals surface area (Å²) in [6, 6.07) is 12.6. The number of thiophene rings is 1. The van der Waals surface area contributed by atoms with E-state index in [0.29, 0.717) is 0 Å².